The van der Waals surface area contributed by atoms with E-state index in [2.05, 4.69) is 37.9 Å². The number of hydrogen-bond donors (Lipinski definition) is 0. The molecule has 0 unspecified atom stereocenters. The zero-order chi connectivity index (χ0) is 13.8. The van der Waals surface area contributed by atoms with Crippen molar-refractivity contribution in [2.24, 2.45) is 0 Å². The van der Waals surface area contributed by atoms with Crippen molar-refractivity contribution in [3.63, 3.8) is 0 Å². The number of benzene rings is 1. The molecule has 2 aromatic rings. The predicted molar refractivity (Wildman–Crippen MR) is 86.6 cm³/mol. The average Bonchev–Trinajstić information content (AvgIpc) is 2.91. The minimum absolute atomic E-state index is 0.0454. The van der Waals surface area contributed by atoms with E-state index in [9.17, 15) is 4.79 Å². The lowest BCUT2D eigenvalue weighted by Crippen LogP contribution is -2.30. The van der Waals surface area contributed by atoms with Gasteiger partial charge in [0, 0.05) is 20.4 Å². The lowest BCUT2D eigenvalue weighted by Gasteiger charge is -2.21. The molecule has 0 spiro atoms. The average molecular weight is 403 g/mol. The highest BCUT2D eigenvalue weighted by molar-refractivity contribution is 9.11. The molecule has 0 N–H and O–H groups in total. The third kappa shape index (κ3) is 3.68. The zero-order valence-corrected chi connectivity index (χ0v) is 14.4. The second-order valence-corrected chi connectivity index (χ2v) is 6.83. The van der Waals surface area contributed by atoms with Crippen molar-refractivity contribution in [2.45, 2.75) is 13.5 Å². The molecule has 19 heavy (non-hydrogen) atoms. The fourth-order valence-corrected chi connectivity index (χ4v) is 3.25. The van der Waals surface area contributed by atoms with Crippen molar-refractivity contribution in [1.82, 2.24) is 4.90 Å². The number of halogens is 2. The van der Waals surface area contributed by atoms with Gasteiger partial charge in [-0.2, -0.15) is 0 Å². The summed E-state index contributed by atoms with van der Waals surface area (Å²) in [4.78, 5) is 15.6. The molecule has 0 aliphatic heterocycles. The van der Waals surface area contributed by atoms with Crippen molar-refractivity contribution in [2.75, 3.05) is 6.54 Å². The summed E-state index contributed by atoms with van der Waals surface area (Å²) in [6.45, 7) is 3.35. The SMILES string of the molecule is CCN(Cc1cccs1)C(=O)c1cc(Br)ccc1Br. The number of hydrogen-bond acceptors (Lipinski definition) is 2. The summed E-state index contributed by atoms with van der Waals surface area (Å²) in [7, 11) is 0. The van der Waals surface area contributed by atoms with Crippen LogP contribution < -0.4 is 0 Å². The van der Waals surface area contributed by atoms with E-state index in [0.717, 1.165) is 8.95 Å². The number of carbonyl (C=O) groups is 1. The highest BCUT2D eigenvalue weighted by Gasteiger charge is 2.17. The number of carbonyl (C=O) groups excluding carboxylic acids is 1. The maximum absolute atomic E-state index is 12.6. The molecular weight excluding hydrogens is 390 g/mol. The molecule has 1 heterocycles. The van der Waals surface area contributed by atoms with E-state index in [4.69, 9.17) is 0 Å². The van der Waals surface area contributed by atoms with Gasteiger partial charge in [-0.3, -0.25) is 4.79 Å². The molecule has 100 valence electrons. The van der Waals surface area contributed by atoms with Crippen LogP contribution in [0.1, 0.15) is 22.2 Å². The Labute approximate surface area is 133 Å². The Morgan fingerprint density at radius 1 is 1.32 bits per heavy atom. The summed E-state index contributed by atoms with van der Waals surface area (Å²) in [5, 5.41) is 2.03. The van der Waals surface area contributed by atoms with Crippen molar-refractivity contribution in [3.05, 3.63) is 55.1 Å². The van der Waals surface area contributed by atoms with Gasteiger partial charge in [-0.25, -0.2) is 0 Å². The van der Waals surface area contributed by atoms with Gasteiger partial charge < -0.3 is 4.90 Å². The van der Waals surface area contributed by atoms with Gasteiger partial charge in [0.25, 0.3) is 5.91 Å². The summed E-state index contributed by atoms with van der Waals surface area (Å²) < 4.78 is 1.73. The molecule has 1 amide bonds. The van der Waals surface area contributed by atoms with Crippen LogP contribution in [0.3, 0.4) is 0 Å². The summed E-state index contributed by atoms with van der Waals surface area (Å²) >= 11 is 8.52. The maximum atomic E-state index is 12.6. The predicted octanol–water partition coefficient (Wildman–Crippen LogP) is 4.94. The minimum Gasteiger partial charge on any atom is -0.334 e. The first-order chi connectivity index (χ1) is 9.11. The molecule has 0 saturated carbocycles. The Morgan fingerprint density at radius 2 is 2.11 bits per heavy atom. The molecule has 0 bridgehead atoms. The van der Waals surface area contributed by atoms with Crippen LogP contribution in [0.15, 0.2) is 44.7 Å². The van der Waals surface area contributed by atoms with Gasteiger partial charge >= 0.3 is 0 Å². The van der Waals surface area contributed by atoms with Gasteiger partial charge in [-0.05, 0) is 52.5 Å². The van der Waals surface area contributed by atoms with Gasteiger partial charge in [0.05, 0.1) is 12.1 Å². The van der Waals surface area contributed by atoms with Gasteiger partial charge in [-0.15, -0.1) is 11.3 Å². The largest absolute Gasteiger partial charge is 0.334 e. The van der Waals surface area contributed by atoms with Crippen molar-refractivity contribution >= 4 is 49.1 Å². The summed E-state index contributed by atoms with van der Waals surface area (Å²) in [5.74, 6) is 0.0454. The van der Waals surface area contributed by atoms with E-state index >= 15 is 0 Å². The molecule has 2 nitrogen and oxygen atoms in total. The molecule has 0 saturated heterocycles. The molecule has 5 heteroatoms. The molecule has 2 rings (SSSR count). The Hall–Kier alpha value is -0.650. The maximum Gasteiger partial charge on any atom is 0.255 e. The monoisotopic (exact) mass is 401 g/mol. The highest BCUT2D eigenvalue weighted by Crippen LogP contribution is 2.24. The van der Waals surface area contributed by atoms with Crippen LogP contribution >= 0.6 is 43.2 Å². The molecule has 1 aromatic carbocycles. The van der Waals surface area contributed by atoms with E-state index in [1.165, 1.54) is 4.88 Å². The molecule has 0 radical (unpaired) electrons. The van der Waals surface area contributed by atoms with Gasteiger partial charge in [0.15, 0.2) is 0 Å². The van der Waals surface area contributed by atoms with E-state index in [1.807, 2.05) is 41.5 Å². The molecular formula is C14H13Br2NOS. The van der Waals surface area contributed by atoms with Crippen LogP contribution in [0.25, 0.3) is 0 Å². The van der Waals surface area contributed by atoms with Crippen LogP contribution in [0, 0.1) is 0 Å². The first-order valence-corrected chi connectivity index (χ1v) is 8.35. The van der Waals surface area contributed by atoms with Gasteiger partial charge in [0.1, 0.15) is 0 Å². The van der Waals surface area contributed by atoms with E-state index in [0.29, 0.717) is 18.7 Å². The number of thiophene rings is 1. The molecule has 0 aliphatic rings. The van der Waals surface area contributed by atoms with Gasteiger partial charge in [-0.1, -0.05) is 22.0 Å². The standard InChI is InChI=1S/C14H13Br2NOS/c1-2-17(9-11-4-3-7-19-11)14(18)12-8-10(15)5-6-13(12)16/h3-8H,2,9H2,1H3. The molecule has 0 aliphatic carbocycles. The van der Waals surface area contributed by atoms with E-state index in [-0.39, 0.29) is 5.91 Å². The Morgan fingerprint density at radius 3 is 2.74 bits per heavy atom. The summed E-state index contributed by atoms with van der Waals surface area (Å²) in [6.07, 6.45) is 0. The fourth-order valence-electron chi connectivity index (χ4n) is 1.75. The van der Waals surface area contributed by atoms with Crippen LogP contribution in [0.4, 0.5) is 0 Å². The number of nitrogens with zero attached hydrogens (tertiary/aromatic N) is 1. The van der Waals surface area contributed by atoms with Crippen molar-refractivity contribution < 1.29 is 4.79 Å². The van der Waals surface area contributed by atoms with E-state index < -0.39 is 0 Å². The Bertz CT molecular complexity index is 569. The van der Waals surface area contributed by atoms with Crippen LogP contribution in [-0.4, -0.2) is 17.4 Å². The second-order valence-electron chi connectivity index (χ2n) is 4.02. The number of rotatable bonds is 4. The van der Waals surface area contributed by atoms with Crippen molar-refractivity contribution in [3.8, 4) is 0 Å². The highest BCUT2D eigenvalue weighted by atomic mass is 79.9. The lowest BCUT2D eigenvalue weighted by molar-refractivity contribution is 0.0753. The van der Waals surface area contributed by atoms with Crippen LogP contribution in [-0.2, 0) is 6.54 Å². The summed E-state index contributed by atoms with van der Waals surface area (Å²) in [5.41, 5.74) is 0.688. The zero-order valence-electron chi connectivity index (χ0n) is 10.4. The molecule has 0 fully saturated rings. The molecule has 0 atom stereocenters. The normalized spacial score (nSPS) is 10.5. The van der Waals surface area contributed by atoms with E-state index in [1.54, 1.807) is 11.3 Å². The van der Waals surface area contributed by atoms with Crippen molar-refractivity contribution in [1.29, 1.82) is 0 Å². The second kappa shape index (κ2) is 6.68. The summed E-state index contributed by atoms with van der Waals surface area (Å²) in [6, 6.07) is 9.71. The Balaban J connectivity index is 2.23. The topological polar surface area (TPSA) is 20.3 Å². The third-order valence-corrected chi connectivity index (χ3v) is 4.80. The first kappa shape index (κ1) is 14.8. The third-order valence-electron chi connectivity index (χ3n) is 2.75. The first-order valence-electron chi connectivity index (χ1n) is 5.88. The fraction of sp³-hybridized carbons (Fsp3) is 0.214. The minimum atomic E-state index is 0.0454. The van der Waals surface area contributed by atoms with Gasteiger partial charge in [0.2, 0.25) is 0 Å². The van der Waals surface area contributed by atoms with Crippen LogP contribution in [0.2, 0.25) is 0 Å². The lowest BCUT2D eigenvalue weighted by atomic mass is 10.2. The smallest absolute Gasteiger partial charge is 0.255 e. The van der Waals surface area contributed by atoms with Crippen LogP contribution in [0.5, 0.6) is 0 Å². The number of amides is 1. The molecule has 1 aromatic heterocycles. The Kier molecular flexibility index (Phi) is 5.19. The quantitative estimate of drug-likeness (QED) is 0.709.